The summed E-state index contributed by atoms with van der Waals surface area (Å²) in [5.41, 5.74) is 4.61. The molecular formula is C11H13NO. The van der Waals surface area contributed by atoms with Gasteiger partial charge in [0.25, 0.3) is 5.91 Å². The summed E-state index contributed by atoms with van der Waals surface area (Å²) in [6.45, 7) is 4.93. The molecular weight excluding hydrogens is 162 g/mol. The van der Waals surface area contributed by atoms with E-state index in [1.54, 1.807) is 4.90 Å². The minimum atomic E-state index is 0.151. The normalized spacial score (nSPS) is 15.0. The zero-order valence-corrected chi connectivity index (χ0v) is 8.22. The van der Waals surface area contributed by atoms with Crippen LogP contribution in [-0.2, 0) is 6.54 Å². The SMILES string of the molecule is Cc1ccc2c(c1C)CN(C)C2=O. The minimum Gasteiger partial charge on any atom is -0.337 e. The highest BCUT2D eigenvalue weighted by atomic mass is 16.2. The number of fused-ring (bicyclic) bond motifs is 1. The third-order valence-corrected chi connectivity index (χ3v) is 2.84. The molecule has 0 bridgehead atoms. The van der Waals surface area contributed by atoms with Crippen molar-refractivity contribution in [2.45, 2.75) is 20.4 Å². The first-order valence-electron chi connectivity index (χ1n) is 4.46. The van der Waals surface area contributed by atoms with Crippen molar-refractivity contribution in [3.63, 3.8) is 0 Å². The Balaban J connectivity index is 2.64. The number of carbonyl (C=O) groups excluding carboxylic acids is 1. The van der Waals surface area contributed by atoms with Crippen LogP contribution in [0.4, 0.5) is 0 Å². The van der Waals surface area contributed by atoms with Crippen molar-refractivity contribution in [1.82, 2.24) is 4.90 Å². The van der Waals surface area contributed by atoms with Crippen molar-refractivity contribution >= 4 is 5.91 Å². The fourth-order valence-corrected chi connectivity index (χ4v) is 1.79. The topological polar surface area (TPSA) is 20.3 Å². The molecule has 0 radical (unpaired) electrons. The average Bonchev–Trinajstić information content (AvgIpc) is 2.38. The first-order valence-corrected chi connectivity index (χ1v) is 4.46. The lowest BCUT2D eigenvalue weighted by molar-refractivity contribution is 0.0816. The predicted molar refractivity (Wildman–Crippen MR) is 51.7 cm³/mol. The van der Waals surface area contributed by atoms with Crippen LogP contribution in [-0.4, -0.2) is 17.9 Å². The molecule has 0 aliphatic carbocycles. The Morgan fingerprint density at radius 3 is 2.69 bits per heavy atom. The summed E-state index contributed by atoms with van der Waals surface area (Å²) < 4.78 is 0. The minimum absolute atomic E-state index is 0.151. The third kappa shape index (κ3) is 1.05. The number of nitrogens with zero attached hydrogens (tertiary/aromatic N) is 1. The summed E-state index contributed by atoms with van der Waals surface area (Å²) in [6, 6.07) is 3.95. The number of amides is 1. The Labute approximate surface area is 78.2 Å². The molecule has 0 N–H and O–H groups in total. The second-order valence-electron chi connectivity index (χ2n) is 3.69. The zero-order valence-electron chi connectivity index (χ0n) is 8.22. The van der Waals surface area contributed by atoms with Crippen LogP contribution in [0.5, 0.6) is 0 Å². The van der Waals surface area contributed by atoms with Gasteiger partial charge in [-0.3, -0.25) is 4.79 Å². The molecule has 1 aliphatic rings. The summed E-state index contributed by atoms with van der Waals surface area (Å²) in [5.74, 6) is 0.151. The average molecular weight is 175 g/mol. The molecule has 1 aromatic rings. The fourth-order valence-electron chi connectivity index (χ4n) is 1.79. The van der Waals surface area contributed by atoms with E-state index in [1.165, 1.54) is 16.7 Å². The van der Waals surface area contributed by atoms with E-state index in [-0.39, 0.29) is 5.91 Å². The number of hydrogen-bond acceptors (Lipinski definition) is 1. The summed E-state index contributed by atoms with van der Waals surface area (Å²) in [6.07, 6.45) is 0. The Morgan fingerprint density at radius 2 is 2.00 bits per heavy atom. The van der Waals surface area contributed by atoms with E-state index in [9.17, 15) is 4.79 Å². The Bertz CT molecular complexity index is 382. The van der Waals surface area contributed by atoms with Crippen LogP contribution in [0.3, 0.4) is 0 Å². The van der Waals surface area contributed by atoms with Crippen molar-refractivity contribution in [3.8, 4) is 0 Å². The van der Waals surface area contributed by atoms with E-state index in [4.69, 9.17) is 0 Å². The second kappa shape index (κ2) is 2.59. The van der Waals surface area contributed by atoms with Crippen molar-refractivity contribution < 1.29 is 4.79 Å². The molecule has 0 saturated heterocycles. The lowest BCUT2D eigenvalue weighted by Crippen LogP contribution is -2.17. The van der Waals surface area contributed by atoms with Gasteiger partial charge in [-0.05, 0) is 36.6 Å². The molecule has 0 spiro atoms. The molecule has 1 aromatic carbocycles. The van der Waals surface area contributed by atoms with Gasteiger partial charge in [0, 0.05) is 19.2 Å². The molecule has 0 unspecified atom stereocenters. The molecule has 0 aromatic heterocycles. The summed E-state index contributed by atoms with van der Waals surface area (Å²) in [7, 11) is 1.84. The van der Waals surface area contributed by atoms with E-state index in [1.807, 2.05) is 19.2 Å². The Kier molecular flexibility index (Phi) is 1.65. The van der Waals surface area contributed by atoms with Crippen LogP contribution >= 0.6 is 0 Å². The number of rotatable bonds is 0. The second-order valence-corrected chi connectivity index (χ2v) is 3.69. The van der Waals surface area contributed by atoms with E-state index < -0.39 is 0 Å². The molecule has 1 amide bonds. The molecule has 1 aliphatic heterocycles. The number of benzene rings is 1. The Morgan fingerprint density at radius 1 is 1.31 bits per heavy atom. The van der Waals surface area contributed by atoms with Gasteiger partial charge >= 0.3 is 0 Å². The molecule has 2 rings (SSSR count). The maximum absolute atomic E-state index is 11.6. The molecule has 2 heteroatoms. The van der Waals surface area contributed by atoms with Gasteiger partial charge < -0.3 is 4.90 Å². The van der Waals surface area contributed by atoms with Gasteiger partial charge in [0.05, 0.1) is 0 Å². The van der Waals surface area contributed by atoms with Crippen molar-refractivity contribution in [2.24, 2.45) is 0 Å². The molecule has 0 atom stereocenters. The van der Waals surface area contributed by atoms with E-state index in [0.29, 0.717) is 0 Å². The van der Waals surface area contributed by atoms with Crippen molar-refractivity contribution in [2.75, 3.05) is 7.05 Å². The van der Waals surface area contributed by atoms with E-state index in [2.05, 4.69) is 13.8 Å². The standard InChI is InChI=1S/C11H13NO/c1-7-4-5-9-10(8(7)2)6-12(3)11(9)13/h4-5H,6H2,1-3H3. The lowest BCUT2D eigenvalue weighted by Gasteiger charge is -2.06. The molecule has 13 heavy (non-hydrogen) atoms. The lowest BCUT2D eigenvalue weighted by atomic mass is 10.00. The maximum atomic E-state index is 11.6. The number of hydrogen-bond donors (Lipinski definition) is 0. The summed E-state index contributed by atoms with van der Waals surface area (Å²) in [4.78, 5) is 13.3. The first-order chi connectivity index (χ1) is 6.11. The van der Waals surface area contributed by atoms with Crippen LogP contribution in [0.1, 0.15) is 27.0 Å². The first kappa shape index (κ1) is 8.30. The fraction of sp³-hybridized carbons (Fsp3) is 0.364. The van der Waals surface area contributed by atoms with Crippen LogP contribution in [0, 0.1) is 13.8 Å². The van der Waals surface area contributed by atoms with Gasteiger partial charge in [-0.2, -0.15) is 0 Å². The van der Waals surface area contributed by atoms with E-state index >= 15 is 0 Å². The molecule has 68 valence electrons. The smallest absolute Gasteiger partial charge is 0.254 e. The van der Waals surface area contributed by atoms with Crippen LogP contribution in [0.15, 0.2) is 12.1 Å². The summed E-state index contributed by atoms with van der Waals surface area (Å²) in [5, 5.41) is 0. The van der Waals surface area contributed by atoms with Gasteiger partial charge in [-0.15, -0.1) is 0 Å². The quantitative estimate of drug-likeness (QED) is 0.589. The highest BCUT2D eigenvalue weighted by Crippen LogP contribution is 2.26. The molecule has 2 nitrogen and oxygen atoms in total. The molecule has 0 saturated carbocycles. The van der Waals surface area contributed by atoms with Crippen molar-refractivity contribution in [3.05, 3.63) is 34.4 Å². The number of aryl methyl sites for hydroxylation is 1. The molecule has 1 heterocycles. The van der Waals surface area contributed by atoms with Gasteiger partial charge in [-0.1, -0.05) is 6.07 Å². The zero-order chi connectivity index (χ0) is 9.59. The monoisotopic (exact) mass is 175 g/mol. The van der Waals surface area contributed by atoms with Gasteiger partial charge in [-0.25, -0.2) is 0 Å². The van der Waals surface area contributed by atoms with Gasteiger partial charge in [0.1, 0.15) is 0 Å². The molecule has 0 fully saturated rings. The highest BCUT2D eigenvalue weighted by molar-refractivity contribution is 5.98. The van der Waals surface area contributed by atoms with Gasteiger partial charge in [0.2, 0.25) is 0 Å². The van der Waals surface area contributed by atoms with E-state index in [0.717, 1.165) is 12.1 Å². The number of carbonyl (C=O) groups is 1. The maximum Gasteiger partial charge on any atom is 0.254 e. The van der Waals surface area contributed by atoms with Gasteiger partial charge in [0.15, 0.2) is 0 Å². The highest BCUT2D eigenvalue weighted by Gasteiger charge is 2.25. The van der Waals surface area contributed by atoms with Crippen LogP contribution in [0.2, 0.25) is 0 Å². The Hall–Kier alpha value is -1.31. The van der Waals surface area contributed by atoms with Crippen molar-refractivity contribution in [1.29, 1.82) is 0 Å². The third-order valence-electron chi connectivity index (χ3n) is 2.84. The predicted octanol–water partition coefficient (Wildman–Crippen LogP) is 1.89. The van der Waals surface area contributed by atoms with Crippen LogP contribution < -0.4 is 0 Å². The largest absolute Gasteiger partial charge is 0.337 e. The van der Waals surface area contributed by atoms with Crippen LogP contribution in [0.25, 0.3) is 0 Å². The summed E-state index contributed by atoms with van der Waals surface area (Å²) >= 11 is 0.